The number of carbonyl (C=O) groups is 3. The second-order valence-corrected chi connectivity index (χ2v) is 5.32. The van der Waals surface area contributed by atoms with E-state index in [4.69, 9.17) is 9.84 Å². The highest BCUT2D eigenvalue weighted by Crippen LogP contribution is 2.44. The Balaban J connectivity index is 3.26. The third-order valence-electron chi connectivity index (χ3n) is 4.17. The van der Waals surface area contributed by atoms with Crippen LogP contribution in [0.25, 0.3) is 0 Å². The Bertz CT molecular complexity index is 428. The quantitative estimate of drug-likeness (QED) is 0.502. The second-order valence-electron chi connectivity index (χ2n) is 5.32. The molecule has 0 radical (unpaired) electrons. The van der Waals surface area contributed by atoms with Crippen LogP contribution in [-0.4, -0.2) is 56.6 Å². The van der Waals surface area contributed by atoms with Gasteiger partial charge in [-0.1, -0.05) is 6.92 Å². The minimum atomic E-state index is -2.90. The predicted octanol–water partition coefficient (Wildman–Crippen LogP) is 0.327. The lowest BCUT2D eigenvalue weighted by Gasteiger charge is -2.41. The molecule has 120 valence electrons. The standard InChI is InChI=1S/C13H20O8/c1-2-12(10(16)17,6-8-4-3-5-21-8)13(20,11(18)19)7-9(14)15/h8,20H,2-7H2,1H3,(H,14,15)(H,16,17)(H,18,19). The van der Waals surface area contributed by atoms with Crippen LogP contribution < -0.4 is 0 Å². The molecule has 8 heteroatoms. The predicted molar refractivity (Wildman–Crippen MR) is 68.8 cm³/mol. The van der Waals surface area contributed by atoms with Crippen molar-refractivity contribution in [1.82, 2.24) is 0 Å². The molecule has 1 rings (SSSR count). The summed E-state index contributed by atoms with van der Waals surface area (Å²) in [5.41, 5.74) is -5.02. The second kappa shape index (κ2) is 6.40. The SMILES string of the molecule is CCC(CC1CCCO1)(C(=O)O)C(O)(CC(=O)O)C(=O)O. The molecule has 1 heterocycles. The van der Waals surface area contributed by atoms with E-state index in [2.05, 4.69) is 0 Å². The van der Waals surface area contributed by atoms with Gasteiger partial charge in [0.05, 0.1) is 12.5 Å². The first-order valence-corrected chi connectivity index (χ1v) is 6.72. The molecule has 0 aliphatic carbocycles. The van der Waals surface area contributed by atoms with E-state index < -0.39 is 41.4 Å². The Labute approximate surface area is 121 Å². The van der Waals surface area contributed by atoms with E-state index in [0.717, 1.165) is 0 Å². The van der Waals surface area contributed by atoms with Crippen molar-refractivity contribution in [3.8, 4) is 0 Å². The minimum Gasteiger partial charge on any atom is -0.481 e. The molecule has 1 saturated heterocycles. The molecule has 0 aromatic rings. The zero-order valence-electron chi connectivity index (χ0n) is 11.7. The molecular formula is C13H20O8. The molecule has 0 saturated carbocycles. The van der Waals surface area contributed by atoms with Crippen molar-refractivity contribution >= 4 is 17.9 Å². The highest BCUT2D eigenvalue weighted by atomic mass is 16.5. The van der Waals surface area contributed by atoms with Crippen LogP contribution in [0.2, 0.25) is 0 Å². The first-order valence-electron chi connectivity index (χ1n) is 6.72. The number of carboxylic acids is 3. The third kappa shape index (κ3) is 3.16. The summed E-state index contributed by atoms with van der Waals surface area (Å²) in [7, 11) is 0. The summed E-state index contributed by atoms with van der Waals surface area (Å²) in [6, 6.07) is 0. The van der Waals surface area contributed by atoms with Crippen molar-refractivity contribution in [3.63, 3.8) is 0 Å². The zero-order valence-corrected chi connectivity index (χ0v) is 11.7. The number of hydrogen-bond donors (Lipinski definition) is 4. The zero-order chi connectivity index (χ0) is 16.3. The van der Waals surface area contributed by atoms with Crippen LogP contribution in [0.3, 0.4) is 0 Å². The number of aliphatic carboxylic acids is 3. The van der Waals surface area contributed by atoms with Gasteiger partial charge in [-0.2, -0.15) is 0 Å². The van der Waals surface area contributed by atoms with Gasteiger partial charge in [-0.15, -0.1) is 0 Å². The molecule has 1 aliphatic rings. The maximum Gasteiger partial charge on any atom is 0.337 e. The monoisotopic (exact) mass is 304 g/mol. The fourth-order valence-corrected chi connectivity index (χ4v) is 2.88. The maximum atomic E-state index is 11.7. The van der Waals surface area contributed by atoms with Gasteiger partial charge < -0.3 is 25.2 Å². The number of rotatable bonds is 8. The van der Waals surface area contributed by atoms with Gasteiger partial charge in [-0.25, -0.2) is 4.79 Å². The van der Waals surface area contributed by atoms with E-state index >= 15 is 0 Å². The summed E-state index contributed by atoms with van der Waals surface area (Å²) in [6.45, 7) is 1.85. The average molecular weight is 304 g/mol. The van der Waals surface area contributed by atoms with E-state index in [1.54, 1.807) is 0 Å². The fraction of sp³-hybridized carbons (Fsp3) is 0.769. The smallest absolute Gasteiger partial charge is 0.337 e. The number of hydrogen-bond acceptors (Lipinski definition) is 5. The summed E-state index contributed by atoms with van der Waals surface area (Å²) in [5, 5.41) is 38.0. The van der Waals surface area contributed by atoms with Gasteiger partial charge in [-0.05, 0) is 25.7 Å². The van der Waals surface area contributed by atoms with Gasteiger partial charge in [0.2, 0.25) is 0 Å². The summed E-state index contributed by atoms with van der Waals surface area (Å²) >= 11 is 0. The molecule has 3 atom stereocenters. The molecule has 1 aliphatic heterocycles. The molecule has 0 aromatic heterocycles. The summed E-state index contributed by atoms with van der Waals surface area (Å²) in [6.07, 6.45) is -0.880. The van der Waals surface area contributed by atoms with Crippen molar-refractivity contribution in [2.24, 2.45) is 5.41 Å². The molecule has 4 N–H and O–H groups in total. The Morgan fingerprint density at radius 2 is 1.81 bits per heavy atom. The topological polar surface area (TPSA) is 141 Å². The molecule has 3 unspecified atom stereocenters. The minimum absolute atomic E-state index is 0.224. The Morgan fingerprint density at radius 1 is 1.19 bits per heavy atom. The van der Waals surface area contributed by atoms with Crippen molar-refractivity contribution in [2.75, 3.05) is 6.61 Å². The third-order valence-corrected chi connectivity index (χ3v) is 4.17. The first-order chi connectivity index (χ1) is 9.69. The molecule has 21 heavy (non-hydrogen) atoms. The van der Waals surface area contributed by atoms with Crippen LogP contribution in [0.4, 0.5) is 0 Å². The lowest BCUT2D eigenvalue weighted by molar-refractivity contribution is -0.198. The maximum absolute atomic E-state index is 11.7. The van der Waals surface area contributed by atoms with E-state index in [9.17, 15) is 29.7 Å². The number of carboxylic acid groups (broad SMARTS) is 3. The van der Waals surface area contributed by atoms with Gasteiger partial charge >= 0.3 is 17.9 Å². The molecule has 1 fully saturated rings. The van der Waals surface area contributed by atoms with Gasteiger partial charge in [0.15, 0.2) is 5.60 Å². The average Bonchev–Trinajstić information content (AvgIpc) is 2.86. The molecule has 0 bridgehead atoms. The molecule has 0 amide bonds. The van der Waals surface area contributed by atoms with Crippen molar-refractivity contribution in [1.29, 1.82) is 0 Å². The Hall–Kier alpha value is -1.67. The van der Waals surface area contributed by atoms with Crippen LogP contribution in [0.15, 0.2) is 0 Å². The molecule has 8 nitrogen and oxygen atoms in total. The Kier molecular flexibility index (Phi) is 5.30. The van der Waals surface area contributed by atoms with Crippen LogP contribution in [-0.2, 0) is 19.1 Å². The van der Waals surface area contributed by atoms with Crippen LogP contribution in [0.1, 0.15) is 39.0 Å². The van der Waals surface area contributed by atoms with Crippen LogP contribution in [0.5, 0.6) is 0 Å². The van der Waals surface area contributed by atoms with Gasteiger partial charge in [-0.3, -0.25) is 9.59 Å². The van der Waals surface area contributed by atoms with Crippen LogP contribution >= 0.6 is 0 Å². The van der Waals surface area contributed by atoms with E-state index in [1.165, 1.54) is 6.92 Å². The lowest BCUT2D eigenvalue weighted by Crippen LogP contribution is -2.60. The van der Waals surface area contributed by atoms with E-state index in [1.807, 2.05) is 0 Å². The lowest BCUT2D eigenvalue weighted by atomic mass is 9.64. The van der Waals surface area contributed by atoms with Gasteiger partial charge in [0.25, 0.3) is 0 Å². The summed E-state index contributed by atoms with van der Waals surface area (Å²) < 4.78 is 5.33. The normalized spacial score (nSPS) is 24.0. The highest BCUT2D eigenvalue weighted by Gasteiger charge is 2.61. The largest absolute Gasteiger partial charge is 0.481 e. The summed E-state index contributed by atoms with van der Waals surface area (Å²) in [4.78, 5) is 34.0. The van der Waals surface area contributed by atoms with Crippen molar-refractivity contribution in [3.05, 3.63) is 0 Å². The van der Waals surface area contributed by atoms with E-state index in [-0.39, 0.29) is 12.8 Å². The van der Waals surface area contributed by atoms with Gasteiger partial charge in [0, 0.05) is 6.61 Å². The highest BCUT2D eigenvalue weighted by molar-refractivity contribution is 5.92. The van der Waals surface area contributed by atoms with E-state index in [0.29, 0.717) is 19.4 Å². The molecule has 0 aromatic carbocycles. The number of aliphatic hydroxyl groups is 1. The van der Waals surface area contributed by atoms with Crippen molar-refractivity contribution in [2.45, 2.75) is 50.7 Å². The van der Waals surface area contributed by atoms with Crippen molar-refractivity contribution < 1.29 is 39.5 Å². The fourth-order valence-electron chi connectivity index (χ4n) is 2.88. The summed E-state index contributed by atoms with van der Waals surface area (Å²) in [5.74, 6) is -4.97. The Morgan fingerprint density at radius 3 is 2.14 bits per heavy atom. The number of ether oxygens (including phenoxy) is 1. The van der Waals surface area contributed by atoms with Gasteiger partial charge in [0.1, 0.15) is 5.41 Å². The molecule has 0 spiro atoms. The molecular weight excluding hydrogens is 284 g/mol. The first kappa shape index (κ1) is 17.4. The van der Waals surface area contributed by atoms with Crippen LogP contribution in [0, 0.1) is 5.41 Å².